The highest BCUT2D eigenvalue weighted by molar-refractivity contribution is 5.36. The lowest BCUT2D eigenvalue weighted by atomic mass is 10.0. The van der Waals surface area contributed by atoms with Crippen LogP contribution in [0.2, 0.25) is 0 Å². The Bertz CT molecular complexity index is 901. The number of pyridine rings is 1. The number of imidazole rings is 1. The lowest BCUT2D eigenvalue weighted by molar-refractivity contribution is 0.125. The van der Waals surface area contributed by atoms with E-state index in [9.17, 15) is 0 Å². The van der Waals surface area contributed by atoms with Crippen molar-refractivity contribution in [2.45, 2.75) is 39.5 Å². The molecule has 134 valence electrons. The van der Waals surface area contributed by atoms with Crippen LogP contribution in [0.3, 0.4) is 0 Å². The highest BCUT2D eigenvalue weighted by Crippen LogP contribution is 2.35. The van der Waals surface area contributed by atoms with E-state index in [1.807, 2.05) is 31.5 Å². The first-order valence-electron chi connectivity index (χ1n) is 8.95. The highest BCUT2D eigenvalue weighted by atomic mass is 16.5. The molecule has 2 aromatic heterocycles. The number of fused-ring (bicyclic) bond motifs is 1. The molecule has 1 atom stereocenters. The zero-order chi connectivity index (χ0) is 18.1. The Morgan fingerprint density at radius 3 is 2.69 bits per heavy atom. The first kappa shape index (κ1) is 16.8. The molecule has 3 aromatic rings. The van der Waals surface area contributed by atoms with Gasteiger partial charge in [0, 0.05) is 42.4 Å². The lowest BCUT2D eigenvalue weighted by Crippen LogP contribution is -2.37. The largest absolute Gasteiger partial charge is 0.496 e. The Labute approximate surface area is 154 Å². The standard InChI is InChI=1S/C21H24N4O/c1-15-8-9-17(11-22-15)12-24-14-21-23-10-16(2)25(21)13-19(24)18-6-4-5-7-20(18)26-3/h4-11,19H,12-14H2,1-3H3/t19-/m1/s1. The number of nitrogens with zero attached hydrogens (tertiary/aromatic N) is 4. The number of rotatable bonds is 4. The van der Waals surface area contributed by atoms with Crippen molar-refractivity contribution < 1.29 is 4.74 Å². The van der Waals surface area contributed by atoms with Crippen LogP contribution in [0, 0.1) is 13.8 Å². The summed E-state index contributed by atoms with van der Waals surface area (Å²) in [6.45, 7) is 6.66. The number of hydrogen-bond acceptors (Lipinski definition) is 4. The van der Waals surface area contributed by atoms with Gasteiger partial charge >= 0.3 is 0 Å². The van der Waals surface area contributed by atoms with Gasteiger partial charge in [-0.2, -0.15) is 0 Å². The van der Waals surface area contributed by atoms with Crippen LogP contribution in [-0.2, 0) is 19.6 Å². The Morgan fingerprint density at radius 2 is 1.92 bits per heavy atom. The van der Waals surface area contributed by atoms with Crippen LogP contribution in [-0.4, -0.2) is 26.5 Å². The minimum Gasteiger partial charge on any atom is -0.496 e. The molecule has 0 aliphatic carbocycles. The fraction of sp³-hybridized carbons (Fsp3) is 0.333. The van der Waals surface area contributed by atoms with Gasteiger partial charge in [-0.1, -0.05) is 24.3 Å². The molecule has 4 rings (SSSR count). The van der Waals surface area contributed by atoms with Crippen molar-refractivity contribution in [2.75, 3.05) is 7.11 Å². The van der Waals surface area contributed by atoms with Crippen LogP contribution in [0.1, 0.15) is 34.4 Å². The number of ether oxygens (including phenoxy) is 1. The molecule has 0 amide bonds. The number of aryl methyl sites for hydroxylation is 2. The molecule has 0 bridgehead atoms. The van der Waals surface area contributed by atoms with Crippen molar-refractivity contribution in [2.24, 2.45) is 0 Å². The second-order valence-electron chi connectivity index (χ2n) is 6.90. The summed E-state index contributed by atoms with van der Waals surface area (Å²) in [5, 5.41) is 0. The fourth-order valence-corrected chi connectivity index (χ4v) is 3.70. The Balaban J connectivity index is 1.72. The van der Waals surface area contributed by atoms with Gasteiger partial charge in [-0.25, -0.2) is 4.98 Å². The predicted octanol–water partition coefficient (Wildman–Crippen LogP) is 3.66. The van der Waals surface area contributed by atoms with E-state index >= 15 is 0 Å². The maximum Gasteiger partial charge on any atom is 0.123 e. The zero-order valence-corrected chi connectivity index (χ0v) is 15.5. The summed E-state index contributed by atoms with van der Waals surface area (Å²) in [5.74, 6) is 2.06. The summed E-state index contributed by atoms with van der Waals surface area (Å²) in [4.78, 5) is 11.5. The van der Waals surface area contributed by atoms with Gasteiger partial charge in [0.05, 0.1) is 19.7 Å². The predicted molar refractivity (Wildman–Crippen MR) is 101 cm³/mol. The average Bonchev–Trinajstić information content (AvgIpc) is 3.03. The van der Waals surface area contributed by atoms with Crippen LogP contribution in [0.15, 0.2) is 48.8 Å². The van der Waals surface area contributed by atoms with Gasteiger partial charge < -0.3 is 9.30 Å². The SMILES string of the molecule is COc1ccccc1[C@H]1Cn2c(C)cnc2CN1Cc1ccc(C)nc1. The van der Waals surface area contributed by atoms with E-state index in [1.165, 1.54) is 16.8 Å². The molecular weight excluding hydrogens is 324 g/mol. The highest BCUT2D eigenvalue weighted by Gasteiger charge is 2.30. The smallest absolute Gasteiger partial charge is 0.123 e. The maximum absolute atomic E-state index is 5.65. The molecule has 1 aliphatic rings. The van der Waals surface area contributed by atoms with Crippen LogP contribution in [0.5, 0.6) is 5.75 Å². The van der Waals surface area contributed by atoms with Gasteiger partial charge in [-0.15, -0.1) is 0 Å². The minimum absolute atomic E-state index is 0.229. The number of aromatic nitrogens is 3. The lowest BCUT2D eigenvalue weighted by Gasteiger charge is -2.37. The van der Waals surface area contributed by atoms with Crippen molar-refractivity contribution in [1.29, 1.82) is 0 Å². The molecule has 0 fully saturated rings. The van der Waals surface area contributed by atoms with Gasteiger partial charge in [0.1, 0.15) is 11.6 Å². The first-order chi connectivity index (χ1) is 12.7. The number of hydrogen-bond donors (Lipinski definition) is 0. The molecule has 0 saturated heterocycles. The fourth-order valence-electron chi connectivity index (χ4n) is 3.70. The van der Waals surface area contributed by atoms with E-state index in [0.29, 0.717) is 0 Å². The minimum atomic E-state index is 0.229. The molecule has 5 heteroatoms. The van der Waals surface area contributed by atoms with Crippen LogP contribution in [0.25, 0.3) is 0 Å². The van der Waals surface area contributed by atoms with Gasteiger partial charge in [-0.3, -0.25) is 9.88 Å². The van der Waals surface area contributed by atoms with Crippen LogP contribution < -0.4 is 4.74 Å². The maximum atomic E-state index is 5.65. The van der Waals surface area contributed by atoms with E-state index in [4.69, 9.17) is 4.74 Å². The third-order valence-corrected chi connectivity index (χ3v) is 5.13. The van der Waals surface area contributed by atoms with Crippen LogP contribution >= 0.6 is 0 Å². The molecule has 0 radical (unpaired) electrons. The summed E-state index contributed by atoms with van der Waals surface area (Å²) in [5.41, 5.74) is 4.68. The third kappa shape index (κ3) is 3.10. The quantitative estimate of drug-likeness (QED) is 0.722. The van der Waals surface area contributed by atoms with E-state index in [-0.39, 0.29) is 6.04 Å². The first-order valence-corrected chi connectivity index (χ1v) is 8.95. The summed E-state index contributed by atoms with van der Waals surface area (Å²) >= 11 is 0. The number of para-hydroxylation sites is 1. The molecule has 1 aliphatic heterocycles. The average molecular weight is 348 g/mol. The van der Waals surface area contributed by atoms with Gasteiger partial charge in [0.15, 0.2) is 0 Å². The topological polar surface area (TPSA) is 43.2 Å². The summed E-state index contributed by atoms with van der Waals surface area (Å²) in [7, 11) is 1.74. The molecule has 5 nitrogen and oxygen atoms in total. The molecule has 0 N–H and O–H groups in total. The summed E-state index contributed by atoms with van der Waals surface area (Å²) in [6, 6.07) is 12.8. The van der Waals surface area contributed by atoms with Crippen molar-refractivity contribution >= 4 is 0 Å². The Hall–Kier alpha value is -2.66. The summed E-state index contributed by atoms with van der Waals surface area (Å²) in [6.07, 6.45) is 3.94. The van der Waals surface area contributed by atoms with Gasteiger partial charge in [0.25, 0.3) is 0 Å². The van der Waals surface area contributed by atoms with Crippen molar-refractivity contribution in [3.63, 3.8) is 0 Å². The molecule has 0 saturated carbocycles. The molecule has 3 heterocycles. The molecular formula is C21H24N4O. The molecule has 26 heavy (non-hydrogen) atoms. The van der Waals surface area contributed by atoms with Crippen LogP contribution in [0.4, 0.5) is 0 Å². The van der Waals surface area contributed by atoms with E-state index in [1.54, 1.807) is 7.11 Å². The monoisotopic (exact) mass is 348 g/mol. The second-order valence-corrected chi connectivity index (χ2v) is 6.90. The zero-order valence-electron chi connectivity index (χ0n) is 15.5. The van der Waals surface area contributed by atoms with Crippen molar-refractivity contribution in [3.8, 4) is 5.75 Å². The molecule has 0 unspecified atom stereocenters. The Kier molecular flexibility index (Phi) is 4.47. The van der Waals surface area contributed by atoms with Gasteiger partial charge in [0.2, 0.25) is 0 Å². The second kappa shape index (κ2) is 6.92. The Morgan fingerprint density at radius 1 is 1.08 bits per heavy atom. The van der Waals surface area contributed by atoms with E-state index < -0.39 is 0 Å². The third-order valence-electron chi connectivity index (χ3n) is 5.13. The molecule has 1 aromatic carbocycles. The normalized spacial score (nSPS) is 17.1. The van der Waals surface area contributed by atoms with E-state index in [0.717, 1.165) is 36.9 Å². The van der Waals surface area contributed by atoms with Crippen molar-refractivity contribution in [3.05, 3.63) is 77.1 Å². The number of benzene rings is 1. The molecule has 0 spiro atoms. The van der Waals surface area contributed by atoms with Gasteiger partial charge in [-0.05, 0) is 31.5 Å². The summed E-state index contributed by atoms with van der Waals surface area (Å²) < 4.78 is 7.97. The van der Waals surface area contributed by atoms with Crippen molar-refractivity contribution in [1.82, 2.24) is 19.4 Å². The number of methoxy groups -OCH3 is 1. The van der Waals surface area contributed by atoms with E-state index in [2.05, 4.69) is 50.6 Å².